The van der Waals surface area contributed by atoms with Crippen LogP contribution in [-0.4, -0.2) is 18.1 Å². The van der Waals surface area contributed by atoms with Crippen LogP contribution in [0.5, 0.6) is 11.5 Å². The molecule has 1 N–H and O–H groups in total. The molecule has 0 radical (unpaired) electrons. The molecule has 2 aromatic carbocycles. The Bertz CT molecular complexity index is 832. The number of carbonyl (C=O) groups excluding carboxylic acids is 1. The van der Waals surface area contributed by atoms with Crippen molar-refractivity contribution in [3.05, 3.63) is 58.1 Å². The molecule has 0 aliphatic carbocycles. The lowest BCUT2D eigenvalue weighted by molar-refractivity contribution is -0.124. The first-order valence-corrected chi connectivity index (χ1v) is 9.09. The highest BCUT2D eigenvalue weighted by atomic mass is 35.5. The van der Waals surface area contributed by atoms with E-state index in [1.165, 1.54) is 0 Å². The van der Waals surface area contributed by atoms with Crippen LogP contribution in [0.25, 0.3) is 0 Å². The summed E-state index contributed by atoms with van der Waals surface area (Å²) >= 11 is 6.01. The minimum Gasteiger partial charge on any atom is -0.487 e. The molecule has 0 spiro atoms. The first kappa shape index (κ1) is 18.6. The molecule has 5 heteroatoms. The van der Waals surface area contributed by atoms with Crippen molar-refractivity contribution in [1.29, 1.82) is 0 Å². The molecule has 0 saturated heterocycles. The van der Waals surface area contributed by atoms with E-state index in [-0.39, 0.29) is 24.2 Å². The van der Waals surface area contributed by atoms with E-state index in [0.29, 0.717) is 17.2 Å². The molecule has 4 nitrogen and oxygen atoms in total. The largest absolute Gasteiger partial charge is 0.487 e. The summed E-state index contributed by atoms with van der Waals surface area (Å²) in [5.74, 6) is 1.30. The van der Waals surface area contributed by atoms with Crippen molar-refractivity contribution in [1.82, 2.24) is 5.32 Å². The molecular weight excluding hydrogens is 350 g/mol. The van der Waals surface area contributed by atoms with Crippen molar-refractivity contribution in [2.24, 2.45) is 0 Å². The molecule has 0 bridgehead atoms. The van der Waals surface area contributed by atoms with Crippen molar-refractivity contribution < 1.29 is 14.3 Å². The van der Waals surface area contributed by atoms with E-state index in [4.69, 9.17) is 21.1 Å². The number of nitrogens with one attached hydrogen (secondary N) is 1. The average molecular weight is 374 g/mol. The third-order valence-corrected chi connectivity index (χ3v) is 4.89. The summed E-state index contributed by atoms with van der Waals surface area (Å²) in [4.78, 5) is 12.4. The van der Waals surface area contributed by atoms with Crippen molar-refractivity contribution in [2.75, 3.05) is 6.61 Å². The van der Waals surface area contributed by atoms with Gasteiger partial charge in [0.05, 0.1) is 6.04 Å². The van der Waals surface area contributed by atoms with Gasteiger partial charge in [0.2, 0.25) is 0 Å². The molecule has 0 saturated carbocycles. The molecule has 138 valence electrons. The zero-order chi connectivity index (χ0) is 18.9. The Morgan fingerprint density at radius 1 is 1.27 bits per heavy atom. The van der Waals surface area contributed by atoms with Crippen molar-refractivity contribution in [3.63, 3.8) is 0 Å². The normalized spacial score (nSPS) is 17.8. The van der Waals surface area contributed by atoms with Crippen LogP contribution < -0.4 is 14.8 Å². The number of hydrogen-bond acceptors (Lipinski definition) is 3. The summed E-state index contributed by atoms with van der Waals surface area (Å²) in [6, 6.07) is 11.3. The van der Waals surface area contributed by atoms with Gasteiger partial charge in [-0.15, -0.1) is 0 Å². The van der Waals surface area contributed by atoms with Gasteiger partial charge in [0.15, 0.2) is 6.61 Å². The second kappa shape index (κ2) is 7.20. The van der Waals surface area contributed by atoms with Crippen LogP contribution in [0.2, 0.25) is 5.02 Å². The average Bonchev–Trinajstić information content (AvgIpc) is 2.54. The maximum atomic E-state index is 12.4. The number of hydrogen-bond donors (Lipinski definition) is 1. The Hall–Kier alpha value is -2.20. The molecule has 1 heterocycles. The molecule has 1 amide bonds. The topological polar surface area (TPSA) is 47.6 Å². The first-order valence-electron chi connectivity index (χ1n) is 8.71. The monoisotopic (exact) mass is 373 g/mol. The van der Waals surface area contributed by atoms with Crippen LogP contribution in [0.15, 0.2) is 36.4 Å². The second-order valence-electron chi connectivity index (χ2n) is 7.43. The molecular formula is C21H24ClNO3. The molecule has 26 heavy (non-hydrogen) atoms. The number of benzene rings is 2. The van der Waals surface area contributed by atoms with Gasteiger partial charge in [0.1, 0.15) is 17.1 Å². The summed E-state index contributed by atoms with van der Waals surface area (Å²) in [6.45, 7) is 7.95. The number of halogens is 1. The van der Waals surface area contributed by atoms with Gasteiger partial charge in [-0.1, -0.05) is 23.7 Å². The Labute approximate surface area is 159 Å². The Kier molecular flexibility index (Phi) is 5.15. The fourth-order valence-corrected chi connectivity index (χ4v) is 3.30. The van der Waals surface area contributed by atoms with Crippen molar-refractivity contribution >= 4 is 17.5 Å². The van der Waals surface area contributed by atoms with E-state index in [9.17, 15) is 4.79 Å². The van der Waals surface area contributed by atoms with Crippen molar-refractivity contribution in [3.8, 4) is 11.5 Å². The molecule has 1 aliphatic rings. The summed E-state index contributed by atoms with van der Waals surface area (Å²) in [6.07, 6.45) is 0.703. The number of amides is 1. The number of ether oxygens (including phenoxy) is 2. The lowest BCUT2D eigenvalue weighted by Gasteiger charge is -2.38. The summed E-state index contributed by atoms with van der Waals surface area (Å²) in [7, 11) is 0. The quantitative estimate of drug-likeness (QED) is 0.840. The first-order chi connectivity index (χ1) is 12.2. The summed E-state index contributed by atoms with van der Waals surface area (Å²) < 4.78 is 11.7. The highest BCUT2D eigenvalue weighted by molar-refractivity contribution is 6.31. The van der Waals surface area contributed by atoms with Gasteiger partial charge in [0, 0.05) is 17.0 Å². The maximum Gasteiger partial charge on any atom is 0.258 e. The number of aryl methyl sites for hydroxylation is 2. The standard InChI is InChI=1S/C21H24ClNO3/c1-13-5-7-16-18(11-21(3,4)26-19(16)9-13)23-20(24)12-25-15-6-8-17(22)14(2)10-15/h5-10,18H,11-12H2,1-4H3,(H,23,24)/t18-/m0/s1. The number of rotatable bonds is 4. The van der Waals surface area contributed by atoms with E-state index < -0.39 is 0 Å². The summed E-state index contributed by atoms with van der Waals surface area (Å²) in [5, 5.41) is 3.76. The Morgan fingerprint density at radius 3 is 2.77 bits per heavy atom. The van der Waals surface area contributed by atoms with Crippen LogP contribution in [0.4, 0.5) is 0 Å². The third-order valence-electron chi connectivity index (χ3n) is 4.46. The SMILES string of the molecule is Cc1ccc2c(c1)OC(C)(C)C[C@@H]2NC(=O)COc1ccc(Cl)c(C)c1. The van der Waals surface area contributed by atoms with E-state index in [2.05, 4.69) is 5.32 Å². The zero-order valence-electron chi connectivity index (χ0n) is 15.6. The lowest BCUT2D eigenvalue weighted by Crippen LogP contribution is -2.42. The fraction of sp³-hybridized carbons (Fsp3) is 0.381. The Balaban J connectivity index is 1.68. The molecule has 1 aliphatic heterocycles. The van der Waals surface area contributed by atoms with E-state index in [0.717, 1.165) is 22.4 Å². The van der Waals surface area contributed by atoms with Crippen LogP contribution in [0.1, 0.15) is 43.0 Å². The highest BCUT2D eigenvalue weighted by Crippen LogP contribution is 2.39. The Morgan fingerprint density at radius 2 is 2.04 bits per heavy atom. The van der Waals surface area contributed by atoms with E-state index in [1.807, 2.05) is 52.0 Å². The van der Waals surface area contributed by atoms with Crippen LogP contribution in [-0.2, 0) is 4.79 Å². The van der Waals surface area contributed by atoms with E-state index >= 15 is 0 Å². The van der Waals surface area contributed by atoms with Gasteiger partial charge in [-0.25, -0.2) is 0 Å². The molecule has 0 fully saturated rings. The predicted molar refractivity (Wildman–Crippen MR) is 103 cm³/mol. The minimum atomic E-state index is -0.340. The number of carbonyl (C=O) groups is 1. The smallest absolute Gasteiger partial charge is 0.258 e. The predicted octanol–water partition coefficient (Wildman–Crippen LogP) is 4.75. The fourth-order valence-electron chi connectivity index (χ4n) is 3.18. The van der Waals surface area contributed by atoms with Crippen LogP contribution in [0.3, 0.4) is 0 Å². The van der Waals surface area contributed by atoms with Gasteiger partial charge >= 0.3 is 0 Å². The zero-order valence-corrected chi connectivity index (χ0v) is 16.3. The van der Waals surface area contributed by atoms with Gasteiger partial charge in [0.25, 0.3) is 5.91 Å². The number of fused-ring (bicyclic) bond motifs is 1. The van der Waals surface area contributed by atoms with Gasteiger partial charge in [-0.05, 0) is 63.1 Å². The molecule has 1 atom stereocenters. The molecule has 3 rings (SSSR count). The van der Waals surface area contributed by atoms with Gasteiger partial charge < -0.3 is 14.8 Å². The van der Waals surface area contributed by atoms with Crippen LogP contribution >= 0.6 is 11.6 Å². The van der Waals surface area contributed by atoms with Gasteiger partial charge in [-0.2, -0.15) is 0 Å². The maximum absolute atomic E-state index is 12.4. The van der Waals surface area contributed by atoms with Crippen LogP contribution in [0, 0.1) is 13.8 Å². The summed E-state index contributed by atoms with van der Waals surface area (Å²) in [5.41, 5.74) is 2.71. The lowest BCUT2D eigenvalue weighted by atomic mass is 9.89. The van der Waals surface area contributed by atoms with E-state index in [1.54, 1.807) is 12.1 Å². The van der Waals surface area contributed by atoms with Gasteiger partial charge in [-0.3, -0.25) is 4.79 Å². The minimum absolute atomic E-state index is 0.0416. The third kappa shape index (κ3) is 4.31. The van der Waals surface area contributed by atoms with Crippen molar-refractivity contribution in [2.45, 2.75) is 45.8 Å². The molecule has 0 aromatic heterocycles. The second-order valence-corrected chi connectivity index (χ2v) is 7.83. The molecule has 2 aromatic rings. The highest BCUT2D eigenvalue weighted by Gasteiger charge is 2.34. The molecule has 0 unspecified atom stereocenters.